The van der Waals surface area contributed by atoms with E-state index in [1.807, 2.05) is 54.9 Å². The molecule has 1 aromatic carbocycles. The predicted molar refractivity (Wildman–Crippen MR) is 92.5 cm³/mol. The molecule has 120 valence electrons. The van der Waals surface area contributed by atoms with Gasteiger partial charge in [0.15, 0.2) is 16.7 Å². The summed E-state index contributed by atoms with van der Waals surface area (Å²) in [5.41, 5.74) is 3.73. The third-order valence-corrected chi connectivity index (χ3v) is 4.79. The van der Waals surface area contributed by atoms with Crippen molar-refractivity contribution in [2.45, 2.75) is 17.8 Å². The van der Waals surface area contributed by atoms with Crippen LogP contribution < -0.4 is 0 Å². The SMILES string of the molecule is Cc1nc2ccccc2nc1CSc1nnc(-c2ccco2)n1C. The van der Waals surface area contributed by atoms with Gasteiger partial charge in [-0.25, -0.2) is 9.97 Å². The minimum Gasteiger partial charge on any atom is -0.461 e. The molecule has 0 unspecified atom stereocenters. The Balaban J connectivity index is 1.58. The number of fused-ring (bicyclic) bond motifs is 1. The molecule has 0 saturated heterocycles. The number of hydrogen-bond acceptors (Lipinski definition) is 6. The number of nitrogens with zero attached hydrogens (tertiary/aromatic N) is 5. The minimum atomic E-state index is 0.688. The van der Waals surface area contributed by atoms with Gasteiger partial charge in [-0.15, -0.1) is 10.2 Å². The summed E-state index contributed by atoms with van der Waals surface area (Å²) >= 11 is 1.59. The molecule has 0 aliphatic rings. The number of benzene rings is 1. The average Bonchev–Trinajstić information content (AvgIpc) is 3.23. The monoisotopic (exact) mass is 337 g/mol. The van der Waals surface area contributed by atoms with Crippen LogP contribution in [0.1, 0.15) is 11.4 Å². The summed E-state index contributed by atoms with van der Waals surface area (Å²) in [5, 5.41) is 9.27. The third-order valence-electron chi connectivity index (χ3n) is 3.76. The fraction of sp³-hybridized carbons (Fsp3) is 0.176. The van der Waals surface area contributed by atoms with Crippen molar-refractivity contribution in [2.24, 2.45) is 7.05 Å². The Morgan fingerprint density at radius 3 is 2.58 bits per heavy atom. The lowest BCUT2D eigenvalue weighted by atomic mass is 10.2. The largest absolute Gasteiger partial charge is 0.461 e. The maximum absolute atomic E-state index is 5.39. The van der Waals surface area contributed by atoms with Gasteiger partial charge in [0.25, 0.3) is 0 Å². The normalized spacial score (nSPS) is 11.2. The highest BCUT2D eigenvalue weighted by Crippen LogP contribution is 2.26. The zero-order valence-electron chi connectivity index (χ0n) is 13.3. The van der Waals surface area contributed by atoms with E-state index in [1.165, 1.54) is 0 Å². The molecule has 0 aliphatic carbocycles. The van der Waals surface area contributed by atoms with Crippen molar-refractivity contribution in [2.75, 3.05) is 0 Å². The van der Waals surface area contributed by atoms with Gasteiger partial charge in [-0.2, -0.15) is 0 Å². The summed E-state index contributed by atoms with van der Waals surface area (Å²) in [6.45, 7) is 1.99. The summed E-state index contributed by atoms with van der Waals surface area (Å²) in [6.07, 6.45) is 1.63. The van der Waals surface area contributed by atoms with Gasteiger partial charge >= 0.3 is 0 Å². The van der Waals surface area contributed by atoms with Gasteiger partial charge in [-0.3, -0.25) is 0 Å². The Kier molecular flexibility index (Phi) is 3.78. The number of aromatic nitrogens is 5. The van der Waals surface area contributed by atoms with Crippen molar-refractivity contribution < 1.29 is 4.42 Å². The zero-order valence-corrected chi connectivity index (χ0v) is 14.1. The number of hydrogen-bond donors (Lipinski definition) is 0. The molecule has 0 N–H and O–H groups in total. The van der Waals surface area contributed by atoms with E-state index in [2.05, 4.69) is 15.2 Å². The Hall–Kier alpha value is -2.67. The molecule has 4 aromatic rings. The first-order chi connectivity index (χ1) is 11.7. The van der Waals surface area contributed by atoms with Crippen molar-refractivity contribution in [3.05, 3.63) is 54.0 Å². The van der Waals surface area contributed by atoms with E-state index < -0.39 is 0 Å². The van der Waals surface area contributed by atoms with Crippen molar-refractivity contribution in [1.29, 1.82) is 0 Å². The first-order valence-electron chi connectivity index (χ1n) is 7.50. The predicted octanol–water partition coefficient (Wildman–Crippen LogP) is 3.62. The van der Waals surface area contributed by atoms with E-state index in [0.29, 0.717) is 17.3 Å². The molecule has 3 heterocycles. The maximum atomic E-state index is 5.39. The highest BCUT2D eigenvalue weighted by Gasteiger charge is 2.14. The quantitative estimate of drug-likeness (QED) is 0.530. The van der Waals surface area contributed by atoms with Crippen molar-refractivity contribution in [3.63, 3.8) is 0 Å². The van der Waals surface area contributed by atoms with Gasteiger partial charge in [0.2, 0.25) is 0 Å². The van der Waals surface area contributed by atoms with Crippen LogP contribution in [0.25, 0.3) is 22.6 Å². The minimum absolute atomic E-state index is 0.688. The number of thioether (sulfide) groups is 1. The van der Waals surface area contributed by atoms with E-state index in [-0.39, 0.29) is 0 Å². The van der Waals surface area contributed by atoms with Gasteiger partial charge < -0.3 is 8.98 Å². The van der Waals surface area contributed by atoms with Crippen molar-refractivity contribution in [3.8, 4) is 11.6 Å². The summed E-state index contributed by atoms with van der Waals surface area (Å²) in [5.74, 6) is 2.11. The standard InChI is InChI=1S/C17H15N5OS/c1-11-14(19-13-7-4-3-6-12(13)18-11)10-24-17-21-20-16(22(17)2)15-8-5-9-23-15/h3-9H,10H2,1-2H3. The van der Waals surface area contributed by atoms with Crippen molar-refractivity contribution in [1.82, 2.24) is 24.7 Å². The lowest BCUT2D eigenvalue weighted by molar-refractivity contribution is 0.572. The lowest BCUT2D eigenvalue weighted by Crippen LogP contribution is -1.99. The lowest BCUT2D eigenvalue weighted by Gasteiger charge is -2.06. The molecular formula is C17H15N5OS. The van der Waals surface area contributed by atoms with Crippen LogP contribution in [-0.2, 0) is 12.8 Å². The highest BCUT2D eigenvalue weighted by atomic mass is 32.2. The van der Waals surface area contributed by atoms with Crippen LogP contribution in [-0.4, -0.2) is 24.7 Å². The Morgan fingerprint density at radius 1 is 1.04 bits per heavy atom. The molecule has 7 heteroatoms. The van der Waals surface area contributed by atoms with Crippen LogP contribution >= 0.6 is 11.8 Å². The summed E-state index contributed by atoms with van der Waals surface area (Å²) in [7, 11) is 1.93. The van der Waals surface area contributed by atoms with Crippen LogP contribution in [0.4, 0.5) is 0 Å². The molecule has 0 bridgehead atoms. The van der Waals surface area contributed by atoms with Crippen LogP contribution in [0.15, 0.2) is 52.2 Å². The molecule has 3 aromatic heterocycles. The number of furan rings is 1. The third kappa shape index (κ3) is 2.67. The average molecular weight is 337 g/mol. The molecule has 4 rings (SSSR count). The van der Waals surface area contributed by atoms with Gasteiger partial charge in [-0.1, -0.05) is 23.9 Å². The summed E-state index contributed by atoms with van der Waals surface area (Å²) in [6, 6.07) is 11.6. The van der Waals surface area contributed by atoms with Gasteiger partial charge in [-0.05, 0) is 31.2 Å². The fourth-order valence-electron chi connectivity index (χ4n) is 2.46. The summed E-state index contributed by atoms with van der Waals surface area (Å²) in [4.78, 5) is 9.34. The van der Waals surface area contributed by atoms with E-state index in [0.717, 1.165) is 27.6 Å². The number of rotatable bonds is 4. The van der Waals surface area contributed by atoms with Crippen LogP contribution in [0.5, 0.6) is 0 Å². The maximum Gasteiger partial charge on any atom is 0.200 e. The molecule has 0 fully saturated rings. The molecule has 0 aliphatic heterocycles. The van der Waals surface area contributed by atoms with E-state index in [1.54, 1.807) is 18.0 Å². The second-order valence-electron chi connectivity index (χ2n) is 5.38. The van der Waals surface area contributed by atoms with E-state index in [4.69, 9.17) is 9.40 Å². The molecule has 0 amide bonds. The number of aryl methyl sites for hydroxylation is 1. The first-order valence-corrected chi connectivity index (χ1v) is 8.49. The van der Waals surface area contributed by atoms with Gasteiger partial charge in [0, 0.05) is 12.8 Å². The molecule has 0 saturated carbocycles. The Bertz CT molecular complexity index is 994. The molecular weight excluding hydrogens is 322 g/mol. The topological polar surface area (TPSA) is 69.6 Å². The first kappa shape index (κ1) is 14.9. The zero-order chi connectivity index (χ0) is 16.5. The smallest absolute Gasteiger partial charge is 0.200 e. The second-order valence-corrected chi connectivity index (χ2v) is 6.32. The fourth-order valence-corrected chi connectivity index (χ4v) is 3.37. The highest BCUT2D eigenvalue weighted by molar-refractivity contribution is 7.98. The Labute approximate surface area is 143 Å². The van der Waals surface area contributed by atoms with E-state index >= 15 is 0 Å². The van der Waals surface area contributed by atoms with Crippen molar-refractivity contribution >= 4 is 22.8 Å². The van der Waals surface area contributed by atoms with Gasteiger partial charge in [0.1, 0.15) is 0 Å². The molecule has 0 spiro atoms. The number of para-hydroxylation sites is 2. The van der Waals surface area contributed by atoms with Crippen LogP contribution in [0, 0.1) is 6.92 Å². The molecule has 0 atom stereocenters. The van der Waals surface area contributed by atoms with Crippen LogP contribution in [0.3, 0.4) is 0 Å². The van der Waals surface area contributed by atoms with E-state index in [9.17, 15) is 0 Å². The van der Waals surface area contributed by atoms with Crippen LogP contribution in [0.2, 0.25) is 0 Å². The molecule has 6 nitrogen and oxygen atoms in total. The molecule has 0 radical (unpaired) electrons. The summed E-state index contributed by atoms with van der Waals surface area (Å²) < 4.78 is 7.31. The Morgan fingerprint density at radius 2 is 1.83 bits per heavy atom. The van der Waals surface area contributed by atoms with Gasteiger partial charge in [0.05, 0.1) is 28.7 Å². The second kappa shape index (κ2) is 6.09. The molecule has 24 heavy (non-hydrogen) atoms.